The maximum absolute atomic E-state index is 5.49. The third-order valence-corrected chi connectivity index (χ3v) is 20.9. The van der Waals surface area contributed by atoms with Crippen molar-refractivity contribution in [3.63, 3.8) is 0 Å². The summed E-state index contributed by atoms with van der Waals surface area (Å²) < 4.78 is 10.1. The zero-order valence-electron chi connectivity index (χ0n) is 13.3. The van der Waals surface area contributed by atoms with Gasteiger partial charge in [-0.15, -0.1) is 0 Å². The Morgan fingerprint density at radius 2 is 1.04 bits per heavy atom. The second kappa shape index (κ2) is 8.18. The van der Waals surface area contributed by atoms with Gasteiger partial charge in [-0.05, 0) is 0 Å². The minimum absolute atomic E-state index is 0.604. The van der Waals surface area contributed by atoms with Crippen LogP contribution in [-0.2, 0) is 4.74 Å². The van der Waals surface area contributed by atoms with E-state index in [0.717, 1.165) is 0 Å². The van der Waals surface area contributed by atoms with Gasteiger partial charge >= 0.3 is 156 Å². The first-order chi connectivity index (χ1) is 11.8. The Labute approximate surface area is 155 Å². The number of benzene rings is 3. The summed E-state index contributed by atoms with van der Waals surface area (Å²) in [5.74, 6) is 0. The van der Waals surface area contributed by atoms with Crippen molar-refractivity contribution in [1.82, 2.24) is 0 Å². The van der Waals surface area contributed by atoms with Crippen LogP contribution in [0.25, 0.3) is 0 Å². The van der Waals surface area contributed by atoms with Crippen LogP contribution < -0.4 is 10.8 Å². The molecule has 4 heteroatoms. The fraction of sp³-hybridized carbons (Fsp3) is 0.0500. The molecule has 122 valence electrons. The summed E-state index contributed by atoms with van der Waals surface area (Å²) in [4.78, 5) is 0. The van der Waals surface area contributed by atoms with Crippen LogP contribution in [0, 0.1) is 0 Å². The summed E-state index contributed by atoms with van der Waals surface area (Å²) in [6.45, 7) is 0. The van der Waals surface area contributed by atoms with E-state index in [4.69, 9.17) is 17.0 Å². The van der Waals surface area contributed by atoms with Gasteiger partial charge in [0.1, 0.15) is 0 Å². The molecule has 0 saturated heterocycles. The minimum atomic E-state index is -3.06. The zero-order valence-corrected chi connectivity index (χ0v) is 17.3. The van der Waals surface area contributed by atoms with E-state index in [9.17, 15) is 0 Å². The molecule has 24 heavy (non-hydrogen) atoms. The molecule has 0 aliphatic carbocycles. The standard InChI is InChI=1S/C20H18OS2Te/c1-21-20(22)23-24(17-11-5-2-6-12-17,18-13-7-3-8-14-18)19-15-9-4-10-16-19/h2-16H,1H3. The molecule has 0 aliphatic heterocycles. The molecule has 3 aromatic rings. The molecule has 0 N–H and O–H groups in total. The third kappa shape index (κ3) is 3.53. The van der Waals surface area contributed by atoms with Crippen LogP contribution in [0.1, 0.15) is 0 Å². The Balaban J connectivity index is 2.30. The van der Waals surface area contributed by atoms with Gasteiger partial charge in [-0.2, -0.15) is 0 Å². The van der Waals surface area contributed by atoms with Crippen molar-refractivity contribution in [3.05, 3.63) is 91.0 Å². The second-order valence-corrected chi connectivity index (χ2v) is 18.2. The Morgan fingerprint density at radius 3 is 1.33 bits per heavy atom. The number of ether oxygens (including phenoxy) is 1. The van der Waals surface area contributed by atoms with Crippen LogP contribution >= 0.6 is 21.2 Å². The molecule has 0 aliphatic rings. The van der Waals surface area contributed by atoms with Crippen molar-refractivity contribution in [2.75, 3.05) is 7.11 Å². The fourth-order valence-corrected chi connectivity index (χ4v) is 19.1. The molecule has 0 atom stereocenters. The van der Waals surface area contributed by atoms with Crippen molar-refractivity contribution in [2.24, 2.45) is 0 Å². The number of hydrogen-bond acceptors (Lipinski definition) is 3. The molecule has 1 nitrogen and oxygen atoms in total. The van der Waals surface area contributed by atoms with Gasteiger partial charge in [0.05, 0.1) is 0 Å². The van der Waals surface area contributed by atoms with Gasteiger partial charge in [0.15, 0.2) is 0 Å². The molecular weight excluding hydrogens is 448 g/mol. The van der Waals surface area contributed by atoms with Crippen LogP contribution in [0.15, 0.2) is 91.0 Å². The molecule has 0 fully saturated rings. The van der Waals surface area contributed by atoms with Crippen molar-refractivity contribution in [2.45, 2.75) is 0 Å². The topological polar surface area (TPSA) is 9.23 Å². The number of hydrogen-bond donors (Lipinski definition) is 0. The van der Waals surface area contributed by atoms with Crippen LogP contribution in [0.3, 0.4) is 0 Å². The van der Waals surface area contributed by atoms with E-state index in [1.54, 1.807) is 16.1 Å². The van der Waals surface area contributed by atoms with E-state index in [0.29, 0.717) is 4.38 Å². The average Bonchev–Trinajstić information content (AvgIpc) is 2.68. The maximum atomic E-state index is 5.49. The first kappa shape index (κ1) is 17.5. The number of rotatable bonds is 4. The summed E-state index contributed by atoms with van der Waals surface area (Å²) in [5, 5.41) is 0. The van der Waals surface area contributed by atoms with Crippen LogP contribution in [0.4, 0.5) is 0 Å². The fourth-order valence-electron chi connectivity index (χ4n) is 2.53. The summed E-state index contributed by atoms with van der Waals surface area (Å²) in [6.07, 6.45) is 0. The van der Waals surface area contributed by atoms with Gasteiger partial charge in [-0.25, -0.2) is 0 Å². The van der Waals surface area contributed by atoms with Crippen molar-refractivity contribution in [1.29, 1.82) is 0 Å². The van der Waals surface area contributed by atoms with Gasteiger partial charge in [0, 0.05) is 0 Å². The third-order valence-electron chi connectivity index (χ3n) is 3.59. The van der Waals surface area contributed by atoms with E-state index in [-0.39, 0.29) is 0 Å². The van der Waals surface area contributed by atoms with Gasteiger partial charge in [-0.3, -0.25) is 0 Å². The molecular formula is C20H18OS2Te. The normalized spacial score (nSPS) is 11.7. The van der Waals surface area contributed by atoms with Crippen LogP contribution in [0.5, 0.6) is 0 Å². The Kier molecular flexibility index (Phi) is 5.97. The summed E-state index contributed by atoms with van der Waals surface area (Å²) >= 11 is 2.43. The van der Waals surface area contributed by atoms with Gasteiger partial charge in [-0.1, -0.05) is 0 Å². The first-order valence-electron chi connectivity index (χ1n) is 7.53. The Hall–Kier alpha value is -1.31. The molecule has 0 saturated carbocycles. The molecule has 0 bridgehead atoms. The molecule has 3 rings (SSSR count). The molecule has 3 aromatic carbocycles. The predicted octanol–water partition coefficient (Wildman–Crippen LogP) is 3.32. The quantitative estimate of drug-likeness (QED) is 0.432. The SMILES string of the molecule is COC(=S)S[Te](c1ccccc1)(c1ccccc1)c1ccccc1. The zero-order chi connectivity index (χ0) is 16.8. The summed E-state index contributed by atoms with van der Waals surface area (Å²) in [7, 11) is 3.41. The van der Waals surface area contributed by atoms with E-state index < -0.39 is 16.8 Å². The van der Waals surface area contributed by atoms with E-state index >= 15 is 0 Å². The summed E-state index contributed by atoms with van der Waals surface area (Å²) in [5.41, 5.74) is 0. The van der Waals surface area contributed by atoms with E-state index in [1.807, 2.05) is 0 Å². The first-order valence-corrected chi connectivity index (χ1v) is 15.0. The average molecular weight is 466 g/mol. The van der Waals surface area contributed by atoms with E-state index in [2.05, 4.69) is 91.0 Å². The molecule has 0 radical (unpaired) electrons. The van der Waals surface area contributed by atoms with Gasteiger partial charge in [0.25, 0.3) is 0 Å². The van der Waals surface area contributed by atoms with Crippen LogP contribution in [-0.4, -0.2) is 28.3 Å². The van der Waals surface area contributed by atoms with Crippen LogP contribution in [0.2, 0.25) is 0 Å². The van der Waals surface area contributed by atoms with Crippen molar-refractivity contribution < 1.29 is 4.74 Å². The molecule has 0 amide bonds. The molecule has 0 aromatic heterocycles. The molecule has 0 spiro atoms. The molecule has 0 heterocycles. The second-order valence-electron chi connectivity index (χ2n) is 5.03. The Bertz CT molecular complexity index is 695. The number of methoxy groups -OCH3 is 1. The van der Waals surface area contributed by atoms with E-state index in [1.165, 1.54) is 10.8 Å². The predicted molar refractivity (Wildman–Crippen MR) is 111 cm³/mol. The van der Waals surface area contributed by atoms with Gasteiger partial charge < -0.3 is 0 Å². The van der Waals surface area contributed by atoms with Crippen molar-refractivity contribution >= 4 is 53.2 Å². The summed E-state index contributed by atoms with van der Waals surface area (Å²) in [6, 6.07) is 32.2. The Morgan fingerprint density at radius 1 is 0.708 bits per heavy atom. The van der Waals surface area contributed by atoms with Crippen molar-refractivity contribution in [3.8, 4) is 0 Å². The monoisotopic (exact) mass is 468 g/mol. The number of thiocarbonyl (C=S) groups is 1. The van der Waals surface area contributed by atoms with Gasteiger partial charge in [0.2, 0.25) is 0 Å². The molecule has 0 unspecified atom stereocenters.